The van der Waals surface area contributed by atoms with Crippen molar-refractivity contribution in [3.63, 3.8) is 0 Å². The topological polar surface area (TPSA) is 71.4 Å². The van der Waals surface area contributed by atoms with E-state index in [1.165, 1.54) is 0 Å². The molecule has 0 amide bonds. The zero-order chi connectivity index (χ0) is 15.2. The molecule has 112 valence electrons. The number of halogens is 1. The molecule has 0 atom stereocenters. The first-order valence-corrected chi connectivity index (χ1v) is 8.29. The highest BCUT2D eigenvalue weighted by molar-refractivity contribution is 7.91. The number of carboxylic acids is 1. The van der Waals surface area contributed by atoms with E-state index in [0.29, 0.717) is 6.42 Å². The lowest BCUT2D eigenvalue weighted by Crippen LogP contribution is -2.10. The lowest BCUT2D eigenvalue weighted by atomic mass is 10.2. The van der Waals surface area contributed by atoms with Crippen molar-refractivity contribution in [1.29, 1.82) is 0 Å². The van der Waals surface area contributed by atoms with Crippen LogP contribution in [0.5, 0.6) is 0 Å². The fourth-order valence-electron chi connectivity index (χ4n) is 1.88. The number of unbranched alkanes of at least 4 members (excludes halogenated alkanes) is 4. The van der Waals surface area contributed by atoms with E-state index in [4.69, 9.17) is 5.11 Å². The fourth-order valence-corrected chi connectivity index (χ4v) is 3.36. The Morgan fingerprint density at radius 3 is 2.45 bits per heavy atom. The molecule has 0 spiro atoms. The van der Waals surface area contributed by atoms with E-state index in [1.807, 2.05) is 0 Å². The molecule has 1 aromatic rings. The highest BCUT2D eigenvalue weighted by Crippen LogP contribution is 2.19. The molecule has 6 heteroatoms. The van der Waals surface area contributed by atoms with Crippen molar-refractivity contribution >= 4 is 15.8 Å². The normalized spacial score (nSPS) is 11.5. The maximum atomic E-state index is 13.6. The summed E-state index contributed by atoms with van der Waals surface area (Å²) in [5.74, 6) is -2.33. The molecular weight excluding hydrogens is 283 g/mol. The Hall–Kier alpha value is -1.43. The molecular formula is C14H19FO4S. The van der Waals surface area contributed by atoms with Crippen molar-refractivity contribution in [2.75, 3.05) is 5.75 Å². The van der Waals surface area contributed by atoms with E-state index in [9.17, 15) is 17.6 Å². The van der Waals surface area contributed by atoms with Crippen molar-refractivity contribution in [3.8, 4) is 0 Å². The number of rotatable bonds is 8. The van der Waals surface area contributed by atoms with Crippen LogP contribution in [0.15, 0.2) is 23.1 Å². The van der Waals surface area contributed by atoms with Crippen molar-refractivity contribution in [1.82, 2.24) is 0 Å². The SMILES string of the molecule is CCCCCCCS(=O)(=O)c1cc(C(=O)O)ccc1F. The smallest absolute Gasteiger partial charge is 0.335 e. The summed E-state index contributed by atoms with van der Waals surface area (Å²) in [7, 11) is -3.77. The van der Waals surface area contributed by atoms with Crippen LogP contribution in [0.2, 0.25) is 0 Å². The minimum atomic E-state index is -3.77. The van der Waals surface area contributed by atoms with Gasteiger partial charge in [0.2, 0.25) is 0 Å². The summed E-state index contributed by atoms with van der Waals surface area (Å²) < 4.78 is 37.6. The molecule has 0 fully saturated rings. The van der Waals surface area contributed by atoms with Crippen LogP contribution in [-0.4, -0.2) is 25.2 Å². The van der Waals surface area contributed by atoms with Gasteiger partial charge in [-0.3, -0.25) is 0 Å². The minimum absolute atomic E-state index is 0.156. The van der Waals surface area contributed by atoms with Crippen molar-refractivity contribution in [3.05, 3.63) is 29.6 Å². The van der Waals surface area contributed by atoms with Gasteiger partial charge in [-0.1, -0.05) is 32.6 Å². The second kappa shape index (κ2) is 7.38. The predicted octanol–water partition coefficient (Wildman–Crippen LogP) is 3.27. The van der Waals surface area contributed by atoms with Gasteiger partial charge in [-0.05, 0) is 24.6 Å². The van der Waals surface area contributed by atoms with Gasteiger partial charge in [-0.2, -0.15) is 0 Å². The quantitative estimate of drug-likeness (QED) is 0.748. The maximum absolute atomic E-state index is 13.6. The number of hydrogen-bond donors (Lipinski definition) is 1. The Kier molecular flexibility index (Phi) is 6.13. The molecule has 0 radical (unpaired) electrons. The summed E-state index contributed by atoms with van der Waals surface area (Å²) in [5, 5.41) is 8.82. The zero-order valence-electron chi connectivity index (χ0n) is 11.4. The van der Waals surface area contributed by atoms with E-state index in [0.717, 1.165) is 43.9 Å². The zero-order valence-corrected chi connectivity index (χ0v) is 12.2. The van der Waals surface area contributed by atoms with Gasteiger partial charge in [0.25, 0.3) is 0 Å². The van der Waals surface area contributed by atoms with Gasteiger partial charge in [0.1, 0.15) is 10.7 Å². The highest BCUT2D eigenvalue weighted by Gasteiger charge is 2.20. The first-order chi connectivity index (χ1) is 9.38. The van der Waals surface area contributed by atoms with Gasteiger partial charge in [0.15, 0.2) is 9.84 Å². The first kappa shape index (κ1) is 16.6. The predicted molar refractivity (Wildman–Crippen MR) is 74.2 cm³/mol. The molecule has 0 aliphatic rings. The molecule has 0 saturated heterocycles. The molecule has 1 aromatic carbocycles. The van der Waals surface area contributed by atoms with E-state index in [1.54, 1.807) is 0 Å². The van der Waals surface area contributed by atoms with Crippen LogP contribution in [0.4, 0.5) is 4.39 Å². The molecule has 4 nitrogen and oxygen atoms in total. The Balaban J connectivity index is 2.81. The van der Waals surface area contributed by atoms with E-state index < -0.39 is 26.5 Å². The maximum Gasteiger partial charge on any atom is 0.335 e. The monoisotopic (exact) mass is 302 g/mol. The van der Waals surface area contributed by atoms with Gasteiger partial charge in [-0.25, -0.2) is 17.6 Å². The second-order valence-electron chi connectivity index (χ2n) is 4.68. The van der Waals surface area contributed by atoms with Gasteiger partial charge in [0.05, 0.1) is 11.3 Å². The molecule has 0 aliphatic heterocycles. The average Bonchev–Trinajstić information content (AvgIpc) is 2.38. The lowest BCUT2D eigenvalue weighted by Gasteiger charge is -2.07. The molecule has 1 rings (SSSR count). The number of sulfone groups is 1. The summed E-state index contributed by atoms with van der Waals surface area (Å²) in [6.45, 7) is 2.06. The Morgan fingerprint density at radius 1 is 1.20 bits per heavy atom. The molecule has 0 bridgehead atoms. The van der Waals surface area contributed by atoms with Gasteiger partial charge in [-0.15, -0.1) is 0 Å². The number of carboxylic acid groups (broad SMARTS) is 1. The number of hydrogen-bond acceptors (Lipinski definition) is 3. The summed E-state index contributed by atoms with van der Waals surface area (Å²) in [4.78, 5) is 10.3. The Morgan fingerprint density at radius 2 is 1.85 bits per heavy atom. The van der Waals surface area contributed by atoms with Crippen molar-refractivity contribution in [2.45, 2.75) is 43.9 Å². The van der Waals surface area contributed by atoms with E-state index >= 15 is 0 Å². The third kappa shape index (κ3) is 4.59. The van der Waals surface area contributed by atoms with Crippen molar-refractivity contribution < 1.29 is 22.7 Å². The van der Waals surface area contributed by atoms with Gasteiger partial charge >= 0.3 is 5.97 Å². The summed E-state index contributed by atoms with van der Waals surface area (Å²) in [6.07, 6.45) is 4.28. The van der Waals surface area contributed by atoms with Crippen LogP contribution in [0, 0.1) is 5.82 Å². The van der Waals surface area contributed by atoms with Crippen LogP contribution in [0.3, 0.4) is 0 Å². The number of benzene rings is 1. The van der Waals surface area contributed by atoms with Crippen LogP contribution >= 0.6 is 0 Å². The second-order valence-corrected chi connectivity index (χ2v) is 6.76. The largest absolute Gasteiger partial charge is 0.478 e. The fraction of sp³-hybridized carbons (Fsp3) is 0.500. The molecule has 0 saturated carbocycles. The molecule has 20 heavy (non-hydrogen) atoms. The lowest BCUT2D eigenvalue weighted by molar-refractivity contribution is 0.0696. The summed E-state index contributed by atoms with van der Waals surface area (Å²) >= 11 is 0. The van der Waals surface area contributed by atoms with E-state index in [2.05, 4.69) is 6.92 Å². The highest BCUT2D eigenvalue weighted by atomic mass is 32.2. The summed E-state index contributed by atoms with van der Waals surface area (Å²) in [6, 6.07) is 2.82. The standard InChI is InChI=1S/C14H19FO4S/c1-2-3-4-5-6-9-20(18,19)13-10-11(14(16)17)7-8-12(13)15/h7-8,10H,2-6,9H2,1H3,(H,16,17). The van der Waals surface area contributed by atoms with E-state index in [-0.39, 0.29) is 11.3 Å². The Labute approximate surface area is 118 Å². The van der Waals surface area contributed by atoms with Crippen LogP contribution < -0.4 is 0 Å². The molecule has 1 N–H and O–H groups in total. The van der Waals surface area contributed by atoms with Gasteiger partial charge in [0, 0.05) is 0 Å². The van der Waals surface area contributed by atoms with Crippen LogP contribution in [-0.2, 0) is 9.84 Å². The minimum Gasteiger partial charge on any atom is -0.478 e. The average molecular weight is 302 g/mol. The molecule has 0 heterocycles. The van der Waals surface area contributed by atoms with Crippen LogP contribution in [0.25, 0.3) is 0 Å². The van der Waals surface area contributed by atoms with Gasteiger partial charge < -0.3 is 5.11 Å². The van der Waals surface area contributed by atoms with Crippen molar-refractivity contribution in [2.24, 2.45) is 0 Å². The molecule has 0 aromatic heterocycles. The van der Waals surface area contributed by atoms with Crippen LogP contribution in [0.1, 0.15) is 49.4 Å². The third-order valence-electron chi connectivity index (χ3n) is 3.03. The first-order valence-electron chi connectivity index (χ1n) is 6.64. The molecule has 0 unspecified atom stereocenters. The number of carbonyl (C=O) groups is 1. The number of aromatic carboxylic acids is 1. The summed E-state index contributed by atoms with van der Waals surface area (Å²) in [5.41, 5.74) is -0.226. The molecule has 0 aliphatic carbocycles. The Bertz CT molecular complexity index is 567. The third-order valence-corrected chi connectivity index (χ3v) is 4.84.